The molecule has 0 unspecified atom stereocenters. The molecule has 0 saturated heterocycles. The molecule has 208 valence electrons. The van der Waals surface area contributed by atoms with Gasteiger partial charge in [-0.15, -0.1) is 0 Å². The molecule has 5 rings (SSSR count). The number of nitrogens with zero attached hydrogens (tertiary/aromatic N) is 1. The molecular formula is C33H28ClNO6. The molecule has 1 heterocycles. The van der Waals surface area contributed by atoms with Crippen LogP contribution in [0.15, 0.2) is 89.3 Å². The zero-order valence-electron chi connectivity index (χ0n) is 22.8. The number of halogens is 1. The van der Waals surface area contributed by atoms with Crippen molar-refractivity contribution in [3.8, 4) is 23.0 Å². The van der Waals surface area contributed by atoms with Gasteiger partial charge >= 0.3 is 0 Å². The SMILES string of the molecule is CCOc1cc(/C=C(\C(=O)c2cc(OC)cc(OC)c2)c2nc3ccccc3o2)ccc1OCc1ccccc1Cl. The van der Waals surface area contributed by atoms with Crippen LogP contribution >= 0.6 is 11.6 Å². The van der Waals surface area contributed by atoms with Crippen molar-refractivity contribution in [2.45, 2.75) is 13.5 Å². The number of fused-ring (bicyclic) bond motifs is 1. The first-order valence-corrected chi connectivity index (χ1v) is 13.3. The quantitative estimate of drug-likeness (QED) is 0.118. The number of methoxy groups -OCH3 is 2. The molecule has 0 aliphatic heterocycles. The third kappa shape index (κ3) is 6.36. The topological polar surface area (TPSA) is 80.0 Å². The summed E-state index contributed by atoms with van der Waals surface area (Å²) in [5.41, 5.74) is 3.38. The van der Waals surface area contributed by atoms with Gasteiger partial charge in [-0.25, -0.2) is 4.98 Å². The maximum atomic E-state index is 14.0. The molecule has 0 amide bonds. The first-order valence-electron chi connectivity index (χ1n) is 13.0. The van der Waals surface area contributed by atoms with Crippen molar-refractivity contribution in [1.29, 1.82) is 0 Å². The van der Waals surface area contributed by atoms with Crippen LogP contribution in [0.2, 0.25) is 5.02 Å². The van der Waals surface area contributed by atoms with Crippen LogP contribution in [0, 0.1) is 0 Å². The van der Waals surface area contributed by atoms with E-state index in [-0.39, 0.29) is 23.9 Å². The summed E-state index contributed by atoms with van der Waals surface area (Å²) in [6, 6.07) is 25.3. The number of carbonyl (C=O) groups excluding carboxylic acids is 1. The lowest BCUT2D eigenvalue weighted by atomic mass is 10.00. The fraction of sp³-hybridized carbons (Fsp3) is 0.152. The smallest absolute Gasteiger partial charge is 0.231 e. The second kappa shape index (κ2) is 12.6. The van der Waals surface area contributed by atoms with E-state index < -0.39 is 0 Å². The minimum atomic E-state index is -0.314. The molecule has 7 nitrogen and oxygen atoms in total. The Morgan fingerprint density at radius 1 is 0.878 bits per heavy atom. The third-order valence-electron chi connectivity index (χ3n) is 6.30. The van der Waals surface area contributed by atoms with Crippen molar-refractivity contribution in [1.82, 2.24) is 4.98 Å². The largest absolute Gasteiger partial charge is 0.497 e. The Balaban J connectivity index is 1.56. The van der Waals surface area contributed by atoms with Crippen LogP contribution in [0.5, 0.6) is 23.0 Å². The van der Waals surface area contributed by atoms with Gasteiger partial charge in [-0.1, -0.05) is 48.0 Å². The van der Waals surface area contributed by atoms with Gasteiger partial charge in [0.25, 0.3) is 0 Å². The summed E-state index contributed by atoms with van der Waals surface area (Å²) in [5.74, 6) is 1.93. The number of benzene rings is 4. The van der Waals surface area contributed by atoms with Gasteiger partial charge in [0.1, 0.15) is 23.6 Å². The van der Waals surface area contributed by atoms with Crippen LogP contribution in [0.4, 0.5) is 0 Å². The minimum absolute atomic E-state index is 0.190. The highest BCUT2D eigenvalue weighted by Gasteiger charge is 2.22. The van der Waals surface area contributed by atoms with Gasteiger partial charge < -0.3 is 23.4 Å². The first-order chi connectivity index (χ1) is 20.0. The van der Waals surface area contributed by atoms with Crippen LogP contribution in [-0.2, 0) is 6.61 Å². The number of para-hydroxylation sites is 2. The monoisotopic (exact) mass is 569 g/mol. The van der Waals surface area contributed by atoms with Crippen molar-refractivity contribution in [2.24, 2.45) is 0 Å². The highest BCUT2D eigenvalue weighted by Crippen LogP contribution is 2.34. The van der Waals surface area contributed by atoms with Gasteiger partial charge in [0.2, 0.25) is 5.89 Å². The summed E-state index contributed by atoms with van der Waals surface area (Å²) < 4.78 is 28.7. The van der Waals surface area contributed by atoms with Crippen LogP contribution in [0.25, 0.3) is 22.7 Å². The number of carbonyl (C=O) groups is 1. The Morgan fingerprint density at radius 3 is 2.32 bits per heavy atom. The summed E-state index contributed by atoms with van der Waals surface area (Å²) in [5, 5.41) is 0.626. The maximum absolute atomic E-state index is 14.0. The van der Waals surface area contributed by atoms with Crippen molar-refractivity contribution in [3.63, 3.8) is 0 Å². The molecule has 0 bridgehead atoms. The molecule has 0 atom stereocenters. The highest BCUT2D eigenvalue weighted by molar-refractivity contribution is 6.32. The maximum Gasteiger partial charge on any atom is 0.231 e. The van der Waals surface area contributed by atoms with E-state index in [1.54, 1.807) is 36.4 Å². The van der Waals surface area contributed by atoms with E-state index in [0.717, 1.165) is 5.56 Å². The molecule has 0 saturated carbocycles. The molecular weight excluding hydrogens is 542 g/mol. The fourth-order valence-corrected chi connectivity index (χ4v) is 4.44. The van der Waals surface area contributed by atoms with Crippen LogP contribution in [0.3, 0.4) is 0 Å². The van der Waals surface area contributed by atoms with E-state index in [0.29, 0.717) is 56.9 Å². The second-order valence-electron chi connectivity index (χ2n) is 8.99. The number of Topliss-reactive ketones (excluding diaryl/α,β-unsaturated/α-hetero) is 1. The molecule has 0 N–H and O–H groups in total. The van der Waals surface area contributed by atoms with Crippen molar-refractivity contribution in [3.05, 3.63) is 113 Å². The summed E-state index contributed by atoms with van der Waals surface area (Å²) in [6.45, 7) is 2.60. The van der Waals surface area contributed by atoms with Gasteiger partial charge in [-0.2, -0.15) is 0 Å². The Bertz CT molecular complexity index is 1670. The molecule has 41 heavy (non-hydrogen) atoms. The number of rotatable bonds is 11. The zero-order valence-corrected chi connectivity index (χ0v) is 23.6. The van der Waals surface area contributed by atoms with Gasteiger partial charge in [0.05, 0.1) is 26.4 Å². The lowest BCUT2D eigenvalue weighted by molar-refractivity contribution is 0.105. The summed E-state index contributed by atoms with van der Waals surface area (Å²) in [7, 11) is 3.07. The Hall–Kier alpha value is -4.75. The number of ether oxygens (including phenoxy) is 4. The Kier molecular flexibility index (Phi) is 8.56. The average Bonchev–Trinajstić information content (AvgIpc) is 3.43. The van der Waals surface area contributed by atoms with Gasteiger partial charge in [-0.3, -0.25) is 4.79 Å². The molecule has 5 aromatic rings. The number of hydrogen-bond donors (Lipinski definition) is 0. The van der Waals surface area contributed by atoms with E-state index in [9.17, 15) is 4.79 Å². The van der Waals surface area contributed by atoms with Gasteiger partial charge in [0.15, 0.2) is 22.9 Å². The van der Waals surface area contributed by atoms with E-state index in [1.807, 2.05) is 61.5 Å². The average molecular weight is 570 g/mol. The summed E-state index contributed by atoms with van der Waals surface area (Å²) >= 11 is 6.30. The molecule has 0 radical (unpaired) electrons. The second-order valence-corrected chi connectivity index (χ2v) is 9.40. The zero-order chi connectivity index (χ0) is 28.8. The predicted molar refractivity (Wildman–Crippen MR) is 159 cm³/mol. The number of hydrogen-bond acceptors (Lipinski definition) is 7. The van der Waals surface area contributed by atoms with Crippen LogP contribution in [-0.4, -0.2) is 31.6 Å². The molecule has 0 spiro atoms. The highest BCUT2D eigenvalue weighted by atomic mass is 35.5. The molecule has 0 aliphatic carbocycles. The summed E-state index contributed by atoms with van der Waals surface area (Å²) in [6.07, 6.45) is 1.72. The Labute approximate surface area is 242 Å². The number of allylic oxidation sites excluding steroid dienone is 1. The van der Waals surface area contributed by atoms with Crippen molar-refractivity contribution < 1.29 is 28.2 Å². The fourth-order valence-electron chi connectivity index (χ4n) is 4.25. The lowest BCUT2D eigenvalue weighted by Gasteiger charge is -2.14. The standard InChI is InChI=1S/C33H28ClNO6/c1-4-39-31-16-21(13-14-30(31)40-20-22-9-5-6-10-27(22)34)15-26(33-35-28-11-7-8-12-29(28)41-33)32(36)23-17-24(37-2)19-25(18-23)38-3/h5-19H,4,20H2,1-3H3/b26-15+. The van der Waals surface area contributed by atoms with Crippen molar-refractivity contribution in [2.75, 3.05) is 20.8 Å². The predicted octanol–water partition coefficient (Wildman–Crippen LogP) is 7.90. The third-order valence-corrected chi connectivity index (χ3v) is 6.67. The number of ketones is 1. The van der Waals surface area contributed by atoms with E-state index >= 15 is 0 Å². The molecule has 1 aromatic heterocycles. The van der Waals surface area contributed by atoms with E-state index in [1.165, 1.54) is 14.2 Å². The first kappa shape index (κ1) is 27.8. The van der Waals surface area contributed by atoms with Crippen molar-refractivity contribution >= 4 is 40.1 Å². The van der Waals surface area contributed by atoms with Gasteiger partial charge in [-0.05, 0) is 61.0 Å². The van der Waals surface area contributed by atoms with Crippen LogP contribution in [0.1, 0.15) is 34.3 Å². The number of aromatic nitrogens is 1. The number of oxazole rings is 1. The van der Waals surface area contributed by atoms with E-state index in [2.05, 4.69) is 4.98 Å². The molecule has 0 fully saturated rings. The lowest BCUT2D eigenvalue weighted by Crippen LogP contribution is -2.05. The van der Waals surface area contributed by atoms with Gasteiger partial charge in [0, 0.05) is 22.2 Å². The van der Waals surface area contributed by atoms with E-state index in [4.69, 9.17) is 35.0 Å². The molecule has 8 heteroatoms. The summed E-state index contributed by atoms with van der Waals surface area (Å²) in [4.78, 5) is 18.6. The molecule has 4 aromatic carbocycles. The minimum Gasteiger partial charge on any atom is -0.497 e. The normalized spacial score (nSPS) is 11.4. The molecule has 0 aliphatic rings. The Morgan fingerprint density at radius 2 is 1.61 bits per heavy atom. The van der Waals surface area contributed by atoms with Crippen LogP contribution < -0.4 is 18.9 Å².